The summed E-state index contributed by atoms with van der Waals surface area (Å²) in [6.07, 6.45) is 3.58. The molecule has 0 amide bonds. The van der Waals surface area contributed by atoms with Gasteiger partial charge in [0.05, 0.1) is 26.8 Å². The predicted octanol–water partition coefficient (Wildman–Crippen LogP) is 6.46. The van der Waals surface area contributed by atoms with Crippen molar-refractivity contribution in [1.29, 1.82) is 0 Å². The smallest absolute Gasteiger partial charge is 0.248 e. The second-order valence-corrected chi connectivity index (χ2v) is 20.8. The first kappa shape index (κ1) is 29.8. The Bertz CT molecular complexity index is 1150. The van der Waals surface area contributed by atoms with Gasteiger partial charge in [-0.2, -0.15) is 0 Å². The molecule has 6 nitrogen and oxygen atoms in total. The summed E-state index contributed by atoms with van der Waals surface area (Å²) < 4.78 is 49.3. The van der Waals surface area contributed by atoms with Gasteiger partial charge in [0.25, 0.3) is 0 Å². The van der Waals surface area contributed by atoms with Gasteiger partial charge in [-0.3, -0.25) is 5.14 Å². The minimum Gasteiger partial charge on any atom is -0.361 e. The number of alkyl halides is 2. The van der Waals surface area contributed by atoms with E-state index in [9.17, 15) is 13.0 Å². The van der Waals surface area contributed by atoms with E-state index in [1.807, 2.05) is 19.9 Å². The molecule has 4 N–H and O–H groups in total. The lowest BCUT2D eigenvalue weighted by atomic mass is 9.74. The topological polar surface area (TPSA) is 96.2 Å². The number of imidazole rings is 1. The Kier molecular flexibility index (Phi) is 8.89. The highest BCUT2D eigenvalue weighted by Gasteiger charge is 2.43. The average molecular weight is 569 g/mol. The Labute approximate surface area is 229 Å². The van der Waals surface area contributed by atoms with Gasteiger partial charge in [0.15, 0.2) is 0 Å². The minimum atomic E-state index is -2.71. The van der Waals surface area contributed by atoms with Gasteiger partial charge in [-0.25, -0.2) is 18.0 Å². The van der Waals surface area contributed by atoms with Crippen LogP contribution in [0.1, 0.15) is 82.1 Å². The van der Waals surface area contributed by atoms with Gasteiger partial charge in [-0.05, 0) is 81.5 Å². The summed E-state index contributed by atoms with van der Waals surface area (Å²) in [7, 11) is -2.89. The van der Waals surface area contributed by atoms with E-state index in [1.54, 1.807) is 0 Å². The second kappa shape index (κ2) is 11.3. The van der Waals surface area contributed by atoms with Crippen LogP contribution in [0.2, 0.25) is 25.7 Å². The SMILES string of the molecule is CC(C)(C[C@H](c1nc2cc([C@H](N)C3CC3)ccc2n1COCC[Si](C)(C)C)[C@@H]1CCCC(F)(F)C1)S(N)=O. The third kappa shape index (κ3) is 7.30. The molecule has 0 saturated heterocycles. The van der Waals surface area contributed by atoms with Gasteiger partial charge < -0.3 is 15.0 Å². The minimum absolute atomic E-state index is 0.0209. The van der Waals surface area contributed by atoms with Crippen molar-refractivity contribution in [2.45, 2.75) is 114 Å². The molecular formula is C28H46F2N4O2SSi. The van der Waals surface area contributed by atoms with Crippen LogP contribution < -0.4 is 10.9 Å². The van der Waals surface area contributed by atoms with Crippen molar-refractivity contribution in [1.82, 2.24) is 9.55 Å². The maximum absolute atomic E-state index is 14.7. The molecule has 214 valence electrons. The van der Waals surface area contributed by atoms with Crippen molar-refractivity contribution in [3.05, 3.63) is 29.6 Å². The number of hydrogen-bond donors (Lipinski definition) is 2. The van der Waals surface area contributed by atoms with Crippen LogP contribution >= 0.6 is 0 Å². The van der Waals surface area contributed by atoms with Gasteiger partial charge >= 0.3 is 0 Å². The summed E-state index contributed by atoms with van der Waals surface area (Å²) in [6, 6.07) is 7.18. The monoisotopic (exact) mass is 568 g/mol. The molecule has 0 radical (unpaired) electrons. The highest BCUT2D eigenvalue weighted by molar-refractivity contribution is 7.84. The fourth-order valence-electron chi connectivity index (χ4n) is 5.69. The van der Waals surface area contributed by atoms with Crippen LogP contribution in [0.15, 0.2) is 18.2 Å². The molecule has 2 fully saturated rings. The molecule has 1 aromatic carbocycles. The maximum Gasteiger partial charge on any atom is 0.248 e. The number of hydrogen-bond acceptors (Lipinski definition) is 4. The third-order valence-corrected chi connectivity index (χ3v) is 11.3. The Morgan fingerprint density at radius 3 is 2.55 bits per heavy atom. The molecule has 2 saturated carbocycles. The van der Waals surface area contributed by atoms with Crippen molar-refractivity contribution in [3.8, 4) is 0 Å². The van der Waals surface area contributed by atoms with E-state index >= 15 is 0 Å². The Morgan fingerprint density at radius 2 is 1.95 bits per heavy atom. The van der Waals surface area contributed by atoms with E-state index in [1.165, 1.54) is 0 Å². The first-order valence-corrected chi connectivity index (χ1v) is 19.0. The second-order valence-electron chi connectivity index (χ2n) is 13.4. The summed E-state index contributed by atoms with van der Waals surface area (Å²) in [6.45, 7) is 11.6. The molecule has 1 aromatic heterocycles. The number of benzene rings is 1. The van der Waals surface area contributed by atoms with Crippen LogP contribution in [0, 0.1) is 11.8 Å². The van der Waals surface area contributed by atoms with Gasteiger partial charge in [0.2, 0.25) is 5.92 Å². The molecule has 0 bridgehead atoms. The van der Waals surface area contributed by atoms with Crippen LogP contribution in [0.3, 0.4) is 0 Å². The normalized spacial score (nSPS) is 22.9. The number of rotatable bonds is 12. The standard InChI is InChI=1S/C28H46F2N4O2SSi/c1-27(2,37(32)35)17-22(21-7-6-12-28(29,30)16-21)26-33-23-15-20(25(31)19-8-9-19)10-11-24(23)34(26)18-36-13-14-38(3,4)5/h10-11,15,19,21-22,25H,6-9,12-14,16-18,31-32H2,1-5H3/t21-,22+,25-,37?/m1/s1. The van der Waals surface area contributed by atoms with Gasteiger partial charge in [-0.1, -0.05) is 25.7 Å². The van der Waals surface area contributed by atoms with Gasteiger partial charge in [-0.15, -0.1) is 0 Å². The van der Waals surface area contributed by atoms with E-state index in [0.29, 0.717) is 38.5 Å². The molecule has 4 rings (SSSR count). The van der Waals surface area contributed by atoms with Crippen molar-refractivity contribution >= 4 is 30.1 Å². The van der Waals surface area contributed by atoms with Crippen molar-refractivity contribution in [2.75, 3.05) is 6.61 Å². The molecule has 0 spiro atoms. The fraction of sp³-hybridized carbons (Fsp3) is 0.750. The molecule has 2 aliphatic carbocycles. The summed E-state index contributed by atoms with van der Waals surface area (Å²) in [5.74, 6) is -2.07. The molecule has 2 aliphatic rings. The van der Waals surface area contributed by atoms with Crippen LogP contribution in [0.25, 0.3) is 11.0 Å². The van der Waals surface area contributed by atoms with Gasteiger partial charge in [0, 0.05) is 39.5 Å². The molecule has 2 aromatic rings. The lowest BCUT2D eigenvalue weighted by molar-refractivity contribution is -0.0581. The van der Waals surface area contributed by atoms with E-state index < -0.39 is 29.7 Å². The quantitative estimate of drug-likeness (QED) is 0.227. The average Bonchev–Trinajstić information content (AvgIpc) is 3.60. The Hall–Kier alpha value is -1.20. The highest BCUT2D eigenvalue weighted by Crippen LogP contribution is 2.47. The summed E-state index contributed by atoms with van der Waals surface area (Å²) in [5, 5.41) is 5.88. The molecule has 1 unspecified atom stereocenters. The molecule has 10 heteroatoms. The third-order valence-electron chi connectivity index (χ3n) is 8.37. The number of aromatic nitrogens is 2. The van der Waals surface area contributed by atoms with Crippen LogP contribution in [0.5, 0.6) is 0 Å². The largest absolute Gasteiger partial charge is 0.361 e. The van der Waals surface area contributed by atoms with E-state index in [2.05, 4.69) is 36.3 Å². The Balaban J connectivity index is 1.76. The van der Waals surface area contributed by atoms with E-state index in [-0.39, 0.29) is 30.7 Å². The lowest BCUT2D eigenvalue weighted by Crippen LogP contribution is -2.38. The lowest BCUT2D eigenvalue weighted by Gasteiger charge is -2.37. The zero-order chi connectivity index (χ0) is 27.9. The van der Waals surface area contributed by atoms with Crippen molar-refractivity contribution in [2.24, 2.45) is 22.7 Å². The molecule has 38 heavy (non-hydrogen) atoms. The maximum atomic E-state index is 14.7. The molecule has 0 aliphatic heterocycles. The zero-order valence-electron chi connectivity index (χ0n) is 23.6. The molecule has 1 heterocycles. The number of halogens is 2. The Morgan fingerprint density at radius 1 is 1.24 bits per heavy atom. The number of nitrogens with zero attached hydrogens (tertiary/aromatic N) is 2. The molecular weight excluding hydrogens is 522 g/mol. The van der Waals surface area contributed by atoms with E-state index in [4.69, 9.17) is 20.6 Å². The molecule has 4 atom stereocenters. The van der Waals surface area contributed by atoms with Gasteiger partial charge in [0.1, 0.15) is 12.6 Å². The van der Waals surface area contributed by atoms with Crippen LogP contribution in [-0.4, -0.2) is 39.1 Å². The number of ether oxygens (including phenoxy) is 1. The predicted molar refractivity (Wildman–Crippen MR) is 154 cm³/mol. The van der Waals surface area contributed by atoms with Crippen LogP contribution in [-0.2, 0) is 22.5 Å². The van der Waals surface area contributed by atoms with Crippen molar-refractivity contribution in [3.63, 3.8) is 0 Å². The van der Waals surface area contributed by atoms with E-state index in [0.717, 1.165) is 41.3 Å². The highest BCUT2D eigenvalue weighted by atomic mass is 32.2. The fourth-order valence-corrected chi connectivity index (χ4v) is 6.79. The summed E-state index contributed by atoms with van der Waals surface area (Å²) >= 11 is 0. The van der Waals surface area contributed by atoms with Crippen LogP contribution in [0.4, 0.5) is 8.78 Å². The van der Waals surface area contributed by atoms with Crippen molar-refractivity contribution < 1.29 is 17.7 Å². The number of nitrogens with two attached hydrogens (primary N) is 2. The number of fused-ring (bicyclic) bond motifs is 1. The first-order chi connectivity index (χ1) is 17.7. The summed E-state index contributed by atoms with van der Waals surface area (Å²) in [5.41, 5.74) is 9.29. The zero-order valence-corrected chi connectivity index (χ0v) is 25.5. The summed E-state index contributed by atoms with van der Waals surface area (Å²) in [4.78, 5) is 5.08. The first-order valence-electron chi connectivity index (χ1n) is 14.0.